The van der Waals surface area contributed by atoms with Gasteiger partial charge in [0.05, 0.1) is 17.9 Å². The van der Waals surface area contributed by atoms with Gasteiger partial charge in [-0.25, -0.2) is 4.79 Å². The second kappa shape index (κ2) is 10.6. The number of ether oxygens (including phenoxy) is 1. The van der Waals surface area contributed by atoms with E-state index in [4.69, 9.17) is 10.5 Å². The summed E-state index contributed by atoms with van der Waals surface area (Å²) in [7, 11) is 0. The van der Waals surface area contributed by atoms with Gasteiger partial charge in [0.2, 0.25) is 5.91 Å². The molecule has 2 heterocycles. The maximum atomic E-state index is 13.1. The second-order valence-electron chi connectivity index (χ2n) is 8.79. The summed E-state index contributed by atoms with van der Waals surface area (Å²) in [6.45, 7) is 4.32. The molecule has 0 spiro atoms. The fourth-order valence-electron chi connectivity index (χ4n) is 4.91. The highest BCUT2D eigenvalue weighted by Gasteiger charge is 2.44. The lowest BCUT2D eigenvalue weighted by atomic mass is 9.74. The Morgan fingerprint density at radius 1 is 1.10 bits per heavy atom. The van der Waals surface area contributed by atoms with Gasteiger partial charge >= 0.3 is 12.0 Å². The van der Waals surface area contributed by atoms with E-state index >= 15 is 0 Å². The third kappa shape index (κ3) is 5.77. The lowest BCUT2D eigenvalue weighted by molar-refractivity contribution is -0.161. The zero-order valence-corrected chi connectivity index (χ0v) is 18.6. The normalized spacial score (nSPS) is 20.9. The number of benzene rings is 1. The number of carbonyl (C=O) groups excluding carboxylic acids is 3. The molecule has 3 rings (SSSR count). The number of carbonyl (C=O) groups is 3. The van der Waals surface area contributed by atoms with Crippen LogP contribution in [0.15, 0.2) is 30.3 Å². The molecule has 0 bridgehead atoms. The molecule has 7 heteroatoms. The van der Waals surface area contributed by atoms with Gasteiger partial charge in [0.1, 0.15) is 0 Å². The highest BCUT2D eigenvalue weighted by atomic mass is 16.5. The number of primary amides is 1. The number of aryl methyl sites for hydroxylation is 1. The summed E-state index contributed by atoms with van der Waals surface area (Å²) >= 11 is 0. The minimum Gasteiger partial charge on any atom is -0.466 e. The van der Waals surface area contributed by atoms with Crippen LogP contribution < -0.4 is 5.73 Å². The van der Waals surface area contributed by atoms with Crippen LogP contribution >= 0.6 is 0 Å². The quantitative estimate of drug-likeness (QED) is 0.675. The fraction of sp³-hybridized carbons (Fsp3) is 0.625. The van der Waals surface area contributed by atoms with Crippen molar-refractivity contribution in [1.29, 1.82) is 0 Å². The van der Waals surface area contributed by atoms with Crippen LogP contribution in [0.3, 0.4) is 0 Å². The average Bonchev–Trinajstić information content (AvgIpc) is 2.80. The van der Waals surface area contributed by atoms with E-state index in [1.807, 2.05) is 30.0 Å². The summed E-state index contributed by atoms with van der Waals surface area (Å²) in [5.41, 5.74) is 6.15. The molecule has 2 fully saturated rings. The first kappa shape index (κ1) is 23.1. The van der Waals surface area contributed by atoms with Crippen LogP contribution in [-0.2, 0) is 20.7 Å². The molecular weight excluding hydrogens is 394 g/mol. The number of urea groups is 1. The van der Waals surface area contributed by atoms with Crippen LogP contribution in [0.1, 0.15) is 51.0 Å². The van der Waals surface area contributed by atoms with Crippen LogP contribution in [0, 0.1) is 11.3 Å². The summed E-state index contributed by atoms with van der Waals surface area (Å²) in [5, 5.41) is 0. The van der Waals surface area contributed by atoms with Gasteiger partial charge in [0, 0.05) is 26.2 Å². The Hall–Kier alpha value is -2.57. The Kier molecular flexibility index (Phi) is 7.93. The molecule has 1 aromatic carbocycles. The van der Waals surface area contributed by atoms with E-state index in [0.717, 1.165) is 32.1 Å². The van der Waals surface area contributed by atoms with E-state index in [2.05, 4.69) is 12.1 Å². The summed E-state index contributed by atoms with van der Waals surface area (Å²) in [6.07, 6.45) is 5.42. The first-order valence-corrected chi connectivity index (χ1v) is 11.5. The number of hydrogen-bond acceptors (Lipinski definition) is 4. The fourth-order valence-corrected chi connectivity index (χ4v) is 4.91. The summed E-state index contributed by atoms with van der Waals surface area (Å²) in [6, 6.07) is 9.83. The lowest BCUT2D eigenvalue weighted by Crippen LogP contribution is -2.52. The summed E-state index contributed by atoms with van der Waals surface area (Å²) < 4.78 is 5.44. The highest BCUT2D eigenvalue weighted by molar-refractivity contribution is 5.82. The molecule has 2 N–H and O–H groups in total. The molecule has 0 aliphatic carbocycles. The number of hydrogen-bond donors (Lipinski definition) is 1. The van der Waals surface area contributed by atoms with Crippen LogP contribution in [0.4, 0.5) is 4.79 Å². The average molecular weight is 430 g/mol. The van der Waals surface area contributed by atoms with Crippen molar-refractivity contribution in [1.82, 2.24) is 9.80 Å². The number of rotatable bonds is 7. The van der Waals surface area contributed by atoms with E-state index in [9.17, 15) is 14.4 Å². The topological polar surface area (TPSA) is 92.9 Å². The Balaban J connectivity index is 1.59. The predicted octanol–water partition coefficient (Wildman–Crippen LogP) is 2.97. The zero-order valence-electron chi connectivity index (χ0n) is 18.6. The van der Waals surface area contributed by atoms with E-state index in [1.54, 1.807) is 4.90 Å². The molecule has 0 radical (unpaired) electrons. The van der Waals surface area contributed by atoms with Crippen molar-refractivity contribution in [3.05, 3.63) is 35.9 Å². The maximum Gasteiger partial charge on any atom is 0.314 e. The Morgan fingerprint density at radius 2 is 1.81 bits per heavy atom. The van der Waals surface area contributed by atoms with E-state index in [0.29, 0.717) is 45.6 Å². The molecule has 31 heavy (non-hydrogen) atoms. The first-order chi connectivity index (χ1) is 14.9. The van der Waals surface area contributed by atoms with Gasteiger partial charge in [-0.05, 0) is 57.4 Å². The molecule has 0 aromatic heterocycles. The standard InChI is InChI=1S/C24H35N3O4/c1-2-31-22(29)24(12-6-10-19-8-4-3-5-9-19)13-16-26(17-14-24)21(28)20-11-7-15-27(18-20)23(25)30/h3-5,8-9,20H,2,6-7,10-18H2,1H3,(H2,25,30)/t20-/m0/s1. The van der Waals surface area contributed by atoms with Gasteiger partial charge in [-0.1, -0.05) is 30.3 Å². The number of nitrogens with two attached hydrogens (primary N) is 1. The lowest BCUT2D eigenvalue weighted by Gasteiger charge is -2.42. The monoisotopic (exact) mass is 429 g/mol. The Labute approximate surface area is 184 Å². The van der Waals surface area contributed by atoms with Crippen molar-refractivity contribution in [2.45, 2.75) is 51.9 Å². The van der Waals surface area contributed by atoms with Crippen LogP contribution in [-0.4, -0.2) is 60.5 Å². The van der Waals surface area contributed by atoms with E-state index in [-0.39, 0.29) is 17.8 Å². The minimum atomic E-state index is -0.520. The van der Waals surface area contributed by atoms with Gasteiger partial charge in [-0.15, -0.1) is 0 Å². The largest absolute Gasteiger partial charge is 0.466 e. The number of nitrogens with zero attached hydrogens (tertiary/aromatic N) is 2. The van der Waals surface area contributed by atoms with Crippen LogP contribution in [0.5, 0.6) is 0 Å². The smallest absolute Gasteiger partial charge is 0.314 e. The molecule has 1 aromatic rings. The third-order valence-corrected chi connectivity index (χ3v) is 6.79. The van der Waals surface area contributed by atoms with E-state index < -0.39 is 11.4 Å². The zero-order chi connectivity index (χ0) is 22.3. The van der Waals surface area contributed by atoms with Gasteiger partial charge in [-0.2, -0.15) is 0 Å². The third-order valence-electron chi connectivity index (χ3n) is 6.79. The van der Waals surface area contributed by atoms with Gasteiger partial charge < -0.3 is 20.3 Å². The minimum absolute atomic E-state index is 0.0766. The molecule has 3 amide bonds. The van der Waals surface area contributed by atoms with Gasteiger partial charge in [0.25, 0.3) is 0 Å². The molecule has 1 atom stereocenters. The molecule has 7 nitrogen and oxygen atoms in total. The van der Waals surface area contributed by atoms with Crippen molar-refractivity contribution in [3.8, 4) is 0 Å². The number of likely N-dealkylation sites (tertiary alicyclic amines) is 2. The Morgan fingerprint density at radius 3 is 2.45 bits per heavy atom. The second-order valence-corrected chi connectivity index (χ2v) is 8.79. The molecule has 0 saturated carbocycles. The number of piperidine rings is 2. The van der Waals surface area contributed by atoms with Crippen molar-refractivity contribution in [2.75, 3.05) is 32.8 Å². The highest BCUT2D eigenvalue weighted by Crippen LogP contribution is 2.38. The molecule has 2 aliphatic heterocycles. The Bertz CT molecular complexity index is 759. The van der Waals surface area contributed by atoms with Gasteiger partial charge in [-0.3, -0.25) is 9.59 Å². The maximum absolute atomic E-state index is 13.1. The number of amides is 3. The van der Waals surface area contributed by atoms with Gasteiger partial charge in [0.15, 0.2) is 0 Å². The molecule has 170 valence electrons. The molecule has 2 aliphatic rings. The molecule has 0 unspecified atom stereocenters. The molecule has 2 saturated heterocycles. The van der Waals surface area contributed by atoms with E-state index in [1.165, 1.54) is 5.56 Å². The van der Waals surface area contributed by atoms with Crippen molar-refractivity contribution >= 4 is 17.9 Å². The molecular formula is C24H35N3O4. The van der Waals surface area contributed by atoms with Crippen LogP contribution in [0.25, 0.3) is 0 Å². The first-order valence-electron chi connectivity index (χ1n) is 11.5. The van der Waals surface area contributed by atoms with Crippen molar-refractivity contribution < 1.29 is 19.1 Å². The SMILES string of the molecule is CCOC(=O)C1(CCCc2ccccc2)CCN(C(=O)[C@H]2CCCN(C(N)=O)C2)CC1. The van der Waals surface area contributed by atoms with Crippen molar-refractivity contribution in [2.24, 2.45) is 17.1 Å². The predicted molar refractivity (Wildman–Crippen MR) is 118 cm³/mol. The van der Waals surface area contributed by atoms with Crippen LogP contribution in [0.2, 0.25) is 0 Å². The summed E-state index contributed by atoms with van der Waals surface area (Å²) in [5.74, 6) is -0.255. The van der Waals surface area contributed by atoms with Crippen molar-refractivity contribution in [3.63, 3.8) is 0 Å². The summed E-state index contributed by atoms with van der Waals surface area (Å²) in [4.78, 5) is 40.9. The number of esters is 1.